The molecule has 4 fully saturated rings. The number of aryl methyl sites for hydroxylation is 4. The summed E-state index contributed by atoms with van der Waals surface area (Å²) in [7, 11) is 2.00. The van der Waals surface area contributed by atoms with Crippen molar-refractivity contribution < 1.29 is 4.42 Å². The molecule has 0 bridgehead atoms. The van der Waals surface area contributed by atoms with Crippen LogP contribution in [0, 0.1) is 27.7 Å². The molecule has 36 nitrogen and oxygen atoms in total. The highest BCUT2D eigenvalue weighted by Gasteiger charge is 2.34. The lowest BCUT2D eigenvalue weighted by Crippen LogP contribution is -2.42. The maximum absolute atomic E-state index is 14.0. The van der Waals surface area contributed by atoms with Gasteiger partial charge in [-0.05, 0) is 220 Å². The number of aromatic nitrogens is 23. The monoisotopic (exact) mass is 1890 g/mol. The second-order valence-electron chi connectivity index (χ2n) is 38.7. The van der Waals surface area contributed by atoms with Gasteiger partial charge in [-0.15, -0.1) is 0 Å². The fourth-order valence-corrected chi connectivity index (χ4v) is 21.5. The molecule has 0 unspecified atom stereocenters. The van der Waals surface area contributed by atoms with E-state index in [1.54, 1.807) is 42.1 Å². The number of H-pyrrole nitrogens is 3. The number of hydrogen-bond acceptors (Lipinski definition) is 27. The normalized spacial score (nSPS) is 15.1. The first-order chi connectivity index (χ1) is 68.3. The molecular formula is C105H119N31O5. The Balaban J connectivity index is 0.000000115. The first-order valence-corrected chi connectivity index (χ1v) is 48.9. The van der Waals surface area contributed by atoms with E-state index >= 15 is 0 Å². The van der Waals surface area contributed by atoms with Crippen LogP contribution in [0.4, 0.5) is 29.3 Å². The topological polar surface area (TPSA) is 433 Å². The Kier molecular flexibility index (Phi) is 25.9. The number of nitrogens with two attached hydrogens (primary N) is 3. The van der Waals surface area contributed by atoms with Crippen LogP contribution in [0.5, 0.6) is 0 Å². The van der Waals surface area contributed by atoms with Gasteiger partial charge < -0.3 is 74.4 Å². The van der Waals surface area contributed by atoms with Gasteiger partial charge >= 0.3 is 0 Å². The second-order valence-corrected chi connectivity index (χ2v) is 38.7. The van der Waals surface area contributed by atoms with Crippen LogP contribution < -0.4 is 49.2 Å². The summed E-state index contributed by atoms with van der Waals surface area (Å²) >= 11 is 0. The van der Waals surface area contributed by atoms with Crippen LogP contribution in [0.1, 0.15) is 175 Å². The zero-order chi connectivity index (χ0) is 97.9. The fraction of sp³-hybridized carbons (Fsp3) is 0.371. The van der Waals surface area contributed by atoms with E-state index < -0.39 is 0 Å². The van der Waals surface area contributed by atoms with Crippen LogP contribution in [0.25, 0.3) is 121 Å². The zero-order valence-electron chi connectivity index (χ0n) is 81.7. The van der Waals surface area contributed by atoms with Gasteiger partial charge in [0.2, 0.25) is 0 Å². The minimum Gasteiger partial charge on any atom is -0.424 e. The number of piperidine rings is 3. The van der Waals surface area contributed by atoms with Crippen LogP contribution >= 0.6 is 0 Å². The van der Waals surface area contributed by atoms with Crippen LogP contribution in [-0.2, 0) is 26.2 Å². The van der Waals surface area contributed by atoms with Crippen molar-refractivity contribution in [3.8, 4) is 22.5 Å². The van der Waals surface area contributed by atoms with Crippen molar-refractivity contribution in [3.63, 3.8) is 0 Å². The number of pyridine rings is 4. The van der Waals surface area contributed by atoms with Crippen LogP contribution in [0.2, 0.25) is 0 Å². The highest BCUT2D eigenvalue weighted by Crippen LogP contribution is 2.40. The number of nitrogens with one attached hydrogen (secondary N) is 3. The molecule has 36 heteroatoms. The van der Waals surface area contributed by atoms with E-state index in [1.807, 2.05) is 133 Å². The third kappa shape index (κ3) is 18.0. The fourth-order valence-electron chi connectivity index (χ4n) is 21.5. The second kappa shape index (κ2) is 39.2. The number of benzene rings is 5. The number of anilines is 5. The molecule has 0 amide bonds. The number of nitrogen functional groups attached to an aromatic ring is 3. The molecule has 3 saturated heterocycles. The Morgan fingerprint density at radius 1 is 0.440 bits per heavy atom. The van der Waals surface area contributed by atoms with Crippen molar-refractivity contribution >= 4 is 128 Å². The summed E-state index contributed by atoms with van der Waals surface area (Å²) in [4.78, 5) is 121. The Bertz CT molecular complexity index is 8150. The van der Waals surface area contributed by atoms with E-state index in [1.165, 1.54) is 19.0 Å². The Hall–Kier alpha value is -15.3. The smallest absolute Gasteiger partial charge is 0.292 e. The van der Waals surface area contributed by atoms with Gasteiger partial charge in [-0.2, -0.15) is 20.3 Å². The minimum atomic E-state index is 0.0511. The average molecular weight is 1900 g/mol. The van der Waals surface area contributed by atoms with Crippen molar-refractivity contribution in [2.45, 2.75) is 202 Å². The lowest BCUT2D eigenvalue weighted by Gasteiger charge is -2.36. The van der Waals surface area contributed by atoms with Gasteiger partial charge in [-0.3, -0.25) is 24.3 Å². The minimum absolute atomic E-state index is 0.0511. The van der Waals surface area contributed by atoms with Gasteiger partial charge in [0.25, 0.3) is 28.3 Å². The molecule has 0 atom stereocenters. The van der Waals surface area contributed by atoms with E-state index in [4.69, 9.17) is 31.8 Å². The summed E-state index contributed by atoms with van der Waals surface area (Å²) < 4.78 is 17.2. The Labute approximate surface area is 812 Å². The zero-order valence-corrected chi connectivity index (χ0v) is 81.7. The van der Waals surface area contributed by atoms with Crippen LogP contribution in [0.3, 0.4) is 0 Å². The molecule has 1 aliphatic carbocycles. The number of imidazole rings is 2. The third-order valence-corrected chi connectivity index (χ3v) is 29.1. The van der Waals surface area contributed by atoms with Gasteiger partial charge in [0.1, 0.15) is 64.9 Å². The maximum Gasteiger partial charge on any atom is 0.292 e. The van der Waals surface area contributed by atoms with E-state index in [0.717, 1.165) is 226 Å². The summed E-state index contributed by atoms with van der Waals surface area (Å²) in [6.45, 7) is 32.2. The van der Waals surface area contributed by atoms with Crippen molar-refractivity contribution in [2.24, 2.45) is 0 Å². The van der Waals surface area contributed by atoms with Crippen molar-refractivity contribution in [1.29, 1.82) is 0 Å². The van der Waals surface area contributed by atoms with Gasteiger partial charge in [0.05, 0.1) is 77.3 Å². The number of aromatic amines is 3. The number of oxazole rings is 1. The molecule has 14 aromatic heterocycles. The Morgan fingerprint density at radius 3 is 1.25 bits per heavy atom. The number of rotatable bonds is 20. The first kappa shape index (κ1) is 93.4. The van der Waals surface area contributed by atoms with Crippen LogP contribution in [0.15, 0.2) is 189 Å². The number of hydrogen-bond donors (Lipinski definition) is 6. The molecule has 19 aromatic rings. The third-order valence-electron chi connectivity index (χ3n) is 29.1. The van der Waals surface area contributed by atoms with Crippen molar-refractivity contribution in [1.82, 2.24) is 128 Å². The number of nitrogens with zero attached hydrogens (tertiary/aromatic N) is 25. The van der Waals surface area contributed by atoms with E-state index in [0.29, 0.717) is 112 Å². The van der Waals surface area contributed by atoms with Crippen LogP contribution in [-0.4, -0.2) is 199 Å². The molecule has 0 spiro atoms. The van der Waals surface area contributed by atoms with Crippen molar-refractivity contribution in [2.75, 3.05) is 79.9 Å². The summed E-state index contributed by atoms with van der Waals surface area (Å²) in [6, 6.07) is 40.7. The molecule has 0 radical (unpaired) electrons. The predicted octanol–water partition coefficient (Wildman–Crippen LogP) is 15.4. The van der Waals surface area contributed by atoms with Gasteiger partial charge in [0, 0.05) is 135 Å². The molecule has 5 aromatic carbocycles. The van der Waals surface area contributed by atoms with E-state index in [2.05, 4.69) is 181 Å². The van der Waals surface area contributed by atoms with E-state index in [-0.39, 0.29) is 52.4 Å². The van der Waals surface area contributed by atoms with Crippen molar-refractivity contribution in [3.05, 3.63) is 252 Å². The average Bonchev–Trinajstić information content (AvgIpc) is 1.59. The molecule has 724 valence electrons. The first-order valence-electron chi connectivity index (χ1n) is 48.9. The molecule has 9 N–H and O–H groups in total. The summed E-state index contributed by atoms with van der Waals surface area (Å²) in [5.41, 5.74) is 34.8. The molecule has 23 rings (SSSR count). The highest BCUT2D eigenvalue weighted by atomic mass is 16.4. The van der Waals surface area contributed by atoms with E-state index in [9.17, 15) is 19.2 Å². The molecule has 17 heterocycles. The van der Waals surface area contributed by atoms with Gasteiger partial charge in [-0.25, -0.2) is 59.2 Å². The summed E-state index contributed by atoms with van der Waals surface area (Å²) in [5.74, 6) is 2.27. The predicted molar refractivity (Wildman–Crippen MR) is 554 cm³/mol. The lowest BCUT2D eigenvalue weighted by atomic mass is 9.91. The highest BCUT2D eigenvalue weighted by molar-refractivity contribution is 6.01. The SMILES string of the molecule is CCN(Cc1cc2cccc(C)c2c(=O)n1C1CCN(C(C)C)CC1)c1ncnc2nc[nH]c12.Cc1cccc2cc(CN(C)c3ncnc4nc[nH]c34)n(C3CCN(C(C)C)CC3)c(=O)c12.Cc1cccc2cc(Cn3nc(-c4ccc5oc(N)nc5c4)c4c(N)ncnc43)n(C3CCC3)c(=O)c12.Cc1cccc2cc(Cn3nc(-c4cn[nH]c4)c4c(N)ncnc43)n(C3CCN(C(C)C)CC3)c(=O)c12. The molecule has 4 aliphatic rings. The molecular weight excluding hydrogens is 1780 g/mol. The number of fused-ring (bicyclic) bond motifs is 9. The van der Waals surface area contributed by atoms with Gasteiger partial charge in [-0.1, -0.05) is 72.8 Å². The molecule has 3 aliphatic heterocycles. The lowest BCUT2D eigenvalue weighted by molar-refractivity contribution is 0.149. The summed E-state index contributed by atoms with van der Waals surface area (Å²) in [6.07, 6.45) is 21.6. The standard InChI is InChI=1S/C27H31N9O.C27H24N8O2.C26H33N7O.C25H31N7O/c1-16(2)34-9-7-20(8-10-34)36-21(11-18-6-4-5-17(3)22(18)27(36)37)14-35-26-23(25(28)29-15-30-26)24(33-35)19-12-31-32-13-19;1-14-4-2-5-15-10-18(35(17-6-3-7-17)26(36)21(14)15)12-34-25-22(24(28)30-13-31-25)23(33-34)16-8-9-20-19(11-16)32-27(29)37-20;1-5-31(25-23-24(28-15-27-23)29-16-30-25)14-21-13-19-8-6-7-18(4)22(19)26(34)33(21)20-9-11-32(12-10-20)17(2)3;1-16(2)31-10-8-19(9-11-31)32-20(12-18-7-5-6-17(3)21(18)25(32)33)13-30(4)24-22-23(27-14-26-22)28-15-29-24/h4-6,11-13,15-16,20H,7-10,14H2,1-3H3,(H,31,32)(H2,28,29,30);2,4-5,8-11,13,17H,3,6-7,12H2,1H3,(H2,29,32)(H2,28,30,31);6-8,13,15-17,20H,5,9-12,14H2,1-4H3,(H,27,28,29,30);5-7,12,14-16,19H,8-11,13H2,1-4H3,(H,26,27,28,29). The maximum atomic E-state index is 14.0. The molecule has 1 saturated carbocycles. The quantitative estimate of drug-likeness (QED) is 0.0413. The molecule has 141 heavy (non-hydrogen) atoms. The largest absolute Gasteiger partial charge is 0.424 e. The van der Waals surface area contributed by atoms with Gasteiger partial charge in [0.15, 0.2) is 39.8 Å². The number of likely N-dealkylation sites (tertiary alicyclic amines) is 3. The Morgan fingerprint density at radius 2 is 0.837 bits per heavy atom. The summed E-state index contributed by atoms with van der Waals surface area (Å²) in [5, 5.41) is 25.1.